The van der Waals surface area contributed by atoms with E-state index in [4.69, 9.17) is 15.7 Å². The maximum Gasteiger partial charge on any atom is 0.257 e. The van der Waals surface area contributed by atoms with Crippen LogP contribution in [0.4, 0.5) is 5.82 Å². The molecule has 0 aliphatic rings. The summed E-state index contributed by atoms with van der Waals surface area (Å²) in [5, 5.41) is 2.99. The van der Waals surface area contributed by atoms with Gasteiger partial charge in [0, 0.05) is 16.2 Å². The number of carbonyl (C=O) groups is 1. The third-order valence-electron chi connectivity index (χ3n) is 4.80. The van der Waals surface area contributed by atoms with Crippen LogP contribution in [0.15, 0.2) is 53.0 Å². The number of para-hydroxylation sites is 2. The van der Waals surface area contributed by atoms with Crippen LogP contribution in [-0.4, -0.2) is 26.5 Å². The van der Waals surface area contributed by atoms with E-state index in [-0.39, 0.29) is 11.9 Å². The van der Waals surface area contributed by atoms with Gasteiger partial charge >= 0.3 is 0 Å². The summed E-state index contributed by atoms with van der Waals surface area (Å²) in [6.07, 6.45) is 0.825. The number of hydrogen-bond donors (Lipinski definition) is 2. The Kier molecular flexibility index (Phi) is 4.77. The molecular formula is C21H20BrN5O. The quantitative estimate of drug-likeness (QED) is 0.493. The summed E-state index contributed by atoms with van der Waals surface area (Å²) in [6, 6.07) is 15.3. The number of hydrogen-bond acceptors (Lipinski definition) is 4. The summed E-state index contributed by atoms with van der Waals surface area (Å²) in [4.78, 5) is 22.5. The van der Waals surface area contributed by atoms with Crippen LogP contribution in [0, 0.1) is 0 Å². The van der Waals surface area contributed by atoms with Crippen molar-refractivity contribution in [1.82, 2.24) is 19.9 Å². The number of nitrogens with zero attached hydrogens (tertiary/aromatic N) is 3. The van der Waals surface area contributed by atoms with Crippen LogP contribution in [0.25, 0.3) is 27.9 Å². The normalized spacial score (nSPS) is 12.4. The number of nitrogen functional groups attached to an aromatic ring is 1. The first-order valence-electron chi connectivity index (χ1n) is 9.13. The summed E-state index contributed by atoms with van der Waals surface area (Å²) in [5.41, 5.74) is 10.2. The topological polar surface area (TPSA) is 85.8 Å². The fraction of sp³-hybridized carbons (Fsp3) is 0.190. The van der Waals surface area contributed by atoms with Crippen LogP contribution < -0.4 is 11.1 Å². The summed E-state index contributed by atoms with van der Waals surface area (Å²) >= 11 is 3.45. The van der Waals surface area contributed by atoms with E-state index in [1.165, 1.54) is 0 Å². The highest BCUT2D eigenvalue weighted by Gasteiger charge is 2.25. The predicted molar refractivity (Wildman–Crippen MR) is 116 cm³/mol. The van der Waals surface area contributed by atoms with E-state index in [0.717, 1.165) is 27.6 Å². The SMILES string of the molecule is CC[C@H](C)NC(=O)c1c(N)n(-c2ccc(Br)cc2)c2nc3ccccc3nc12. The van der Waals surface area contributed by atoms with Crippen molar-refractivity contribution in [2.45, 2.75) is 26.3 Å². The maximum atomic E-state index is 13.0. The van der Waals surface area contributed by atoms with Crippen LogP contribution in [0.3, 0.4) is 0 Å². The highest BCUT2D eigenvalue weighted by Crippen LogP contribution is 2.31. The molecule has 0 spiro atoms. The second kappa shape index (κ2) is 7.24. The molecule has 0 aliphatic carbocycles. The van der Waals surface area contributed by atoms with Crippen molar-refractivity contribution in [1.29, 1.82) is 0 Å². The molecule has 28 heavy (non-hydrogen) atoms. The van der Waals surface area contributed by atoms with Gasteiger partial charge in [0.25, 0.3) is 5.91 Å². The second-order valence-electron chi connectivity index (χ2n) is 6.74. The molecule has 2 aromatic heterocycles. The number of nitrogens with one attached hydrogen (secondary N) is 1. The molecule has 0 saturated heterocycles. The lowest BCUT2D eigenvalue weighted by Gasteiger charge is -2.11. The molecule has 6 nitrogen and oxygen atoms in total. The Balaban J connectivity index is 2.02. The summed E-state index contributed by atoms with van der Waals surface area (Å²) in [5.74, 6) is 0.0886. The molecule has 3 N–H and O–H groups in total. The van der Waals surface area contributed by atoms with E-state index < -0.39 is 0 Å². The lowest BCUT2D eigenvalue weighted by molar-refractivity contribution is 0.0941. The Labute approximate surface area is 170 Å². The molecule has 4 aromatic rings. The molecule has 142 valence electrons. The minimum Gasteiger partial charge on any atom is -0.384 e. The number of amides is 1. The summed E-state index contributed by atoms with van der Waals surface area (Å²) in [6.45, 7) is 3.98. The fourth-order valence-electron chi connectivity index (χ4n) is 3.13. The van der Waals surface area contributed by atoms with E-state index in [9.17, 15) is 4.79 Å². The molecule has 7 heteroatoms. The molecule has 4 rings (SSSR count). The van der Waals surface area contributed by atoms with Crippen molar-refractivity contribution in [3.8, 4) is 5.69 Å². The lowest BCUT2D eigenvalue weighted by Crippen LogP contribution is -2.32. The molecule has 0 bridgehead atoms. The van der Waals surface area contributed by atoms with Crippen molar-refractivity contribution >= 4 is 49.9 Å². The molecule has 0 unspecified atom stereocenters. The highest BCUT2D eigenvalue weighted by atomic mass is 79.9. The van der Waals surface area contributed by atoms with E-state index in [2.05, 4.69) is 21.2 Å². The minimum absolute atomic E-state index is 0.0337. The van der Waals surface area contributed by atoms with Gasteiger partial charge in [0.1, 0.15) is 16.9 Å². The second-order valence-corrected chi connectivity index (χ2v) is 7.66. The number of anilines is 1. The zero-order chi connectivity index (χ0) is 19.8. The van der Waals surface area contributed by atoms with Crippen molar-refractivity contribution in [2.24, 2.45) is 0 Å². The highest BCUT2D eigenvalue weighted by molar-refractivity contribution is 9.10. The van der Waals surface area contributed by atoms with Crippen molar-refractivity contribution in [2.75, 3.05) is 5.73 Å². The molecule has 1 atom stereocenters. The van der Waals surface area contributed by atoms with Gasteiger partial charge in [-0.15, -0.1) is 0 Å². The molecule has 0 aliphatic heterocycles. The van der Waals surface area contributed by atoms with Crippen molar-refractivity contribution in [3.05, 3.63) is 58.6 Å². The van der Waals surface area contributed by atoms with E-state index in [0.29, 0.717) is 22.5 Å². The molecular weight excluding hydrogens is 418 g/mol. The van der Waals surface area contributed by atoms with Crippen LogP contribution >= 0.6 is 15.9 Å². The average Bonchev–Trinajstić information content (AvgIpc) is 2.97. The number of aromatic nitrogens is 3. The largest absolute Gasteiger partial charge is 0.384 e. The standard InChI is InChI=1S/C21H20BrN5O/c1-3-12(2)24-21(28)17-18-20(26-16-7-5-4-6-15(16)25-18)27(19(17)23)14-10-8-13(22)9-11-14/h4-12H,3,23H2,1-2H3,(H,24,28)/t12-/m0/s1. The van der Waals surface area contributed by atoms with Crippen LogP contribution in [0.1, 0.15) is 30.6 Å². The molecule has 2 aromatic carbocycles. The first-order chi connectivity index (χ1) is 13.5. The van der Waals surface area contributed by atoms with Crippen LogP contribution in [-0.2, 0) is 0 Å². The van der Waals surface area contributed by atoms with E-state index in [1.54, 1.807) is 4.57 Å². The molecule has 1 amide bonds. The summed E-state index contributed by atoms with van der Waals surface area (Å²) < 4.78 is 2.74. The monoisotopic (exact) mass is 437 g/mol. The molecule has 0 fully saturated rings. The smallest absolute Gasteiger partial charge is 0.257 e. The number of nitrogens with two attached hydrogens (primary N) is 1. The third kappa shape index (κ3) is 3.11. The first-order valence-corrected chi connectivity index (χ1v) is 9.92. The van der Waals surface area contributed by atoms with Crippen LogP contribution in [0.5, 0.6) is 0 Å². The minimum atomic E-state index is -0.239. The Morgan fingerprint density at radius 1 is 1.14 bits per heavy atom. The van der Waals surface area contributed by atoms with Gasteiger partial charge in [-0.1, -0.05) is 35.0 Å². The van der Waals surface area contributed by atoms with Gasteiger partial charge in [0.15, 0.2) is 5.65 Å². The number of rotatable bonds is 4. The van der Waals surface area contributed by atoms with Gasteiger partial charge in [-0.25, -0.2) is 9.97 Å². The van der Waals surface area contributed by atoms with Gasteiger partial charge < -0.3 is 11.1 Å². The predicted octanol–water partition coefficient (Wildman–Crippen LogP) is 4.45. The Morgan fingerprint density at radius 2 is 1.79 bits per heavy atom. The van der Waals surface area contributed by atoms with E-state index in [1.807, 2.05) is 62.4 Å². The molecule has 0 radical (unpaired) electrons. The third-order valence-corrected chi connectivity index (χ3v) is 5.33. The van der Waals surface area contributed by atoms with Gasteiger partial charge in [0.2, 0.25) is 0 Å². The Morgan fingerprint density at radius 3 is 2.43 bits per heavy atom. The first kappa shape index (κ1) is 18.4. The lowest BCUT2D eigenvalue weighted by atomic mass is 10.2. The zero-order valence-electron chi connectivity index (χ0n) is 15.6. The van der Waals surface area contributed by atoms with Crippen LogP contribution in [0.2, 0.25) is 0 Å². The van der Waals surface area contributed by atoms with Gasteiger partial charge in [-0.3, -0.25) is 9.36 Å². The van der Waals surface area contributed by atoms with Crippen molar-refractivity contribution < 1.29 is 4.79 Å². The zero-order valence-corrected chi connectivity index (χ0v) is 17.2. The molecule has 2 heterocycles. The average molecular weight is 438 g/mol. The summed E-state index contributed by atoms with van der Waals surface area (Å²) in [7, 11) is 0. The Hall–Kier alpha value is -2.93. The van der Waals surface area contributed by atoms with Crippen molar-refractivity contribution in [3.63, 3.8) is 0 Å². The molecule has 0 saturated carbocycles. The number of carbonyl (C=O) groups excluding carboxylic acids is 1. The van der Waals surface area contributed by atoms with Gasteiger partial charge in [0.05, 0.1) is 11.0 Å². The van der Waals surface area contributed by atoms with E-state index >= 15 is 0 Å². The number of halogens is 1. The maximum absolute atomic E-state index is 13.0. The number of benzene rings is 2. The number of fused-ring (bicyclic) bond motifs is 2. The Bertz CT molecular complexity index is 1180. The van der Waals surface area contributed by atoms with Gasteiger partial charge in [-0.2, -0.15) is 0 Å². The fourth-order valence-corrected chi connectivity index (χ4v) is 3.40. The van der Waals surface area contributed by atoms with Gasteiger partial charge in [-0.05, 0) is 49.7 Å².